The fraction of sp³-hybridized carbons (Fsp3) is 0.100. The largest absolute Gasteiger partial charge is 0.454 e. The van der Waals surface area contributed by atoms with Crippen LogP contribution in [-0.2, 0) is 11.3 Å². The number of benzene rings is 2. The van der Waals surface area contributed by atoms with Crippen molar-refractivity contribution in [2.75, 3.05) is 6.79 Å². The Kier molecular flexibility index (Phi) is 4.38. The molecule has 2 aromatic carbocycles. The van der Waals surface area contributed by atoms with Crippen LogP contribution in [-0.4, -0.2) is 22.5 Å². The summed E-state index contributed by atoms with van der Waals surface area (Å²) in [6, 6.07) is 15.4. The molecule has 0 atom stereocenters. The van der Waals surface area contributed by atoms with Crippen LogP contribution in [0.15, 0.2) is 67.0 Å². The number of hydrogen-bond acceptors (Lipinski definition) is 4. The number of nitrogens with one attached hydrogen (secondary N) is 1. The third kappa shape index (κ3) is 3.59. The fourth-order valence-electron chi connectivity index (χ4n) is 2.62. The number of nitrogens with zero attached hydrogens (tertiary/aromatic N) is 2. The summed E-state index contributed by atoms with van der Waals surface area (Å²) in [5.74, 6) is 1.27. The minimum absolute atomic E-state index is 0.171. The molecule has 1 amide bonds. The first kappa shape index (κ1) is 16.0. The average molecular weight is 347 g/mol. The van der Waals surface area contributed by atoms with E-state index in [0.717, 1.165) is 22.6 Å². The van der Waals surface area contributed by atoms with Crippen molar-refractivity contribution >= 4 is 12.0 Å². The molecular formula is C20H17N3O3. The summed E-state index contributed by atoms with van der Waals surface area (Å²) >= 11 is 0. The van der Waals surface area contributed by atoms with Crippen molar-refractivity contribution < 1.29 is 14.3 Å². The van der Waals surface area contributed by atoms with Gasteiger partial charge in [0.25, 0.3) is 0 Å². The average Bonchev–Trinajstić information content (AvgIpc) is 3.34. The molecule has 0 saturated heterocycles. The zero-order valence-electron chi connectivity index (χ0n) is 14.0. The van der Waals surface area contributed by atoms with Crippen LogP contribution in [0.4, 0.5) is 0 Å². The number of fused-ring (bicyclic) bond motifs is 1. The predicted molar refractivity (Wildman–Crippen MR) is 97.0 cm³/mol. The Balaban J connectivity index is 1.34. The Bertz CT molecular complexity index is 948. The third-order valence-electron chi connectivity index (χ3n) is 3.95. The van der Waals surface area contributed by atoms with Crippen LogP contribution in [0.25, 0.3) is 11.8 Å². The molecule has 0 spiro atoms. The first-order valence-electron chi connectivity index (χ1n) is 8.22. The van der Waals surface area contributed by atoms with E-state index in [1.807, 2.05) is 54.7 Å². The summed E-state index contributed by atoms with van der Waals surface area (Å²) in [5.41, 5.74) is 2.78. The molecule has 3 aromatic rings. The van der Waals surface area contributed by atoms with Gasteiger partial charge in [0, 0.05) is 24.4 Å². The number of para-hydroxylation sites is 1. The van der Waals surface area contributed by atoms with Gasteiger partial charge in [0.15, 0.2) is 11.5 Å². The summed E-state index contributed by atoms with van der Waals surface area (Å²) in [4.78, 5) is 12.0. The highest BCUT2D eigenvalue weighted by molar-refractivity contribution is 5.91. The first-order valence-corrected chi connectivity index (χ1v) is 8.22. The van der Waals surface area contributed by atoms with Crippen molar-refractivity contribution in [2.45, 2.75) is 6.54 Å². The van der Waals surface area contributed by atoms with E-state index in [9.17, 15) is 4.79 Å². The molecule has 6 heteroatoms. The minimum atomic E-state index is -0.171. The summed E-state index contributed by atoms with van der Waals surface area (Å²) < 4.78 is 12.4. The maximum Gasteiger partial charge on any atom is 0.244 e. The number of carbonyl (C=O) groups is 1. The molecule has 1 N–H and O–H groups in total. The van der Waals surface area contributed by atoms with Gasteiger partial charge in [0.1, 0.15) is 0 Å². The lowest BCUT2D eigenvalue weighted by Gasteiger charge is -2.03. The highest BCUT2D eigenvalue weighted by Gasteiger charge is 2.13. The number of rotatable bonds is 5. The predicted octanol–water partition coefficient (Wildman–Crippen LogP) is 2.93. The van der Waals surface area contributed by atoms with Gasteiger partial charge in [0.05, 0.1) is 11.9 Å². The second kappa shape index (κ2) is 7.14. The van der Waals surface area contributed by atoms with E-state index in [1.165, 1.54) is 6.08 Å². The second-order valence-corrected chi connectivity index (χ2v) is 5.79. The Hall–Kier alpha value is -3.54. The number of ether oxygens (including phenoxy) is 2. The SMILES string of the molecule is O=C(C=Cc1cnn(-c2ccccc2)c1)NCc1ccc2c(c1)OCO2. The van der Waals surface area contributed by atoms with Gasteiger partial charge in [0.2, 0.25) is 12.7 Å². The highest BCUT2D eigenvalue weighted by atomic mass is 16.7. The van der Waals surface area contributed by atoms with Gasteiger partial charge >= 0.3 is 0 Å². The van der Waals surface area contributed by atoms with E-state index in [-0.39, 0.29) is 12.7 Å². The van der Waals surface area contributed by atoms with Crippen LogP contribution in [0.3, 0.4) is 0 Å². The Labute approximate surface area is 150 Å². The van der Waals surface area contributed by atoms with Gasteiger partial charge in [-0.25, -0.2) is 4.68 Å². The Morgan fingerprint density at radius 3 is 2.88 bits per heavy atom. The molecule has 0 bridgehead atoms. The van der Waals surface area contributed by atoms with Gasteiger partial charge in [-0.15, -0.1) is 0 Å². The summed E-state index contributed by atoms with van der Waals surface area (Å²) in [6.07, 6.45) is 6.83. The highest BCUT2D eigenvalue weighted by Crippen LogP contribution is 2.32. The lowest BCUT2D eigenvalue weighted by molar-refractivity contribution is -0.116. The lowest BCUT2D eigenvalue weighted by atomic mass is 10.2. The van der Waals surface area contributed by atoms with E-state index in [1.54, 1.807) is 17.0 Å². The van der Waals surface area contributed by atoms with Crippen LogP contribution in [0.5, 0.6) is 11.5 Å². The van der Waals surface area contributed by atoms with Gasteiger partial charge in [-0.3, -0.25) is 4.79 Å². The molecule has 1 aromatic heterocycles. The smallest absolute Gasteiger partial charge is 0.244 e. The first-order chi connectivity index (χ1) is 12.8. The Morgan fingerprint density at radius 1 is 1.15 bits per heavy atom. The molecule has 4 rings (SSSR count). The number of hydrogen-bond donors (Lipinski definition) is 1. The van der Waals surface area contributed by atoms with Gasteiger partial charge < -0.3 is 14.8 Å². The quantitative estimate of drug-likeness (QED) is 0.721. The van der Waals surface area contributed by atoms with E-state index >= 15 is 0 Å². The summed E-state index contributed by atoms with van der Waals surface area (Å²) in [7, 11) is 0. The monoisotopic (exact) mass is 347 g/mol. The molecule has 2 heterocycles. The molecule has 0 fully saturated rings. The molecule has 1 aliphatic heterocycles. The van der Waals surface area contributed by atoms with Crippen LogP contribution < -0.4 is 14.8 Å². The van der Waals surface area contributed by atoms with Gasteiger partial charge in [-0.2, -0.15) is 5.10 Å². The molecule has 0 radical (unpaired) electrons. The maximum atomic E-state index is 12.0. The zero-order valence-corrected chi connectivity index (χ0v) is 14.0. The van der Waals surface area contributed by atoms with Crippen LogP contribution >= 0.6 is 0 Å². The summed E-state index contributed by atoms with van der Waals surface area (Å²) in [6.45, 7) is 0.660. The van der Waals surface area contributed by atoms with Gasteiger partial charge in [-0.1, -0.05) is 24.3 Å². The molecule has 6 nitrogen and oxygen atoms in total. The number of aromatic nitrogens is 2. The minimum Gasteiger partial charge on any atom is -0.454 e. The van der Waals surface area contributed by atoms with E-state index in [4.69, 9.17) is 9.47 Å². The molecule has 1 aliphatic rings. The zero-order chi connectivity index (χ0) is 17.8. The van der Waals surface area contributed by atoms with Crippen LogP contribution in [0.1, 0.15) is 11.1 Å². The molecule has 130 valence electrons. The van der Waals surface area contributed by atoms with Crippen molar-refractivity contribution in [1.29, 1.82) is 0 Å². The maximum absolute atomic E-state index is 12.0. The number of carbonyl (C=O) groups excluding carboxylic acids is 1. The van der Waals surface area contributed by atoms with Crippen molar-refractivity contribution in [3.8, 4) is 17.2 Å². The van der Waals surface area contributed by atoms with Crippen molar-refractivity contribution in [2.24, 2.45) is 0 Å². The van der Waals surface area contributed by atoms with E-state index in [0.29, 0.717) is 12.3 Å². The van der Waals surface area contributed by atoms with E-state index in [2.05, 4.69) is 10.4 Å². The van der Waals surface area contributed by atoms with Crippen molar-refractivity contribution in [1.82, 2.24) is 15.1 Å². The molecule has 26 heavy (non-hydrogen) atoms. The topological polar surface area (TPSA) is 65.4 Å². The fourth-order valence-corrected chi connectivity index (χ4v) is 2.62. The van der Waals surface area contributed by atoms with E-state index < -0.39 is 0 Å². The Morgan fingerprint density at radius 2 is 2.00 bits per heavy atom. The number of amides is 1. The van der Waals surface area contributed by atoms with Crippen LogP contribution in [0, 0.1) is 0 Å². The molecule has 0 unspecified atom stereocenters. The van der Waals surface area contributed by atoms with Crippen molar-refractivity contribution in [3.63, 3.8) is 0 Å². The normalized spacial score (nSPS) is 12.5. The third-order valence-corrected chi connectivity index (χ3v) is 3.95. The lowest BCUT2D eigenvalue weighted by Crippen LogP contribution is -2.20. The van der Waals surface area contributed by atoms with Crippen molar-refractivity contribution in [3.05, 3.63) is 78.1 Å². The summed E-state index contributed by atoms with van der Waals surface area (Å²) in [5, 5.41) is 7.15. The van der Waals surface area contributed by atoms with Crippen LogP contribution in [0.2, 0.25) is 0 Å². The standard InChI is InChI=1S/C20H17N3O3/c24-20(21-11-15-6-8-18-19(10-15)26-14-25-18)9-7-16-12-22-23(13-16)17-4-2-1-3-5-17/h1-10,12-13H,11,14H2,(H,21,24). The molecule has 0 aliphatic carbocycles. The molecule has 0 saturated carbocycles. The second-order valence-electron chi connectivity index (χ2n) is 5.79. The molecular weight excluding hydrogens is 330 g/mol. The van der Waals surface area contributed by atoms with Gasteiger partial charge in [-0.05, 0) is 35.9 Å².